The van der Waals surface area contributed by atoms with E-state index in [9.17, 15) is 37.2 Å². The van der Waals surface area contributed by atoms with Gasteiger partial charge in [0, 0.05) is 12.3 Å². The predicted molar refractivity (Wildman–Crippen MR) is 193 cm³/mol. The normalized spacial score (nSPS) is 23.3. The van der Waals surface area contributed by atoms with Gasteiger partial charge in [0.2, 0.25) is 21.8 Å². The first-order chi connectivity index (χ1) is 24.5. The molecule has 0 aromatic heterocycles. The van der Waals surface area contributed by atoms with E-state index >= 15 is 0 Å². The number of nitrogens with one attached hydrogen (secondary N) is 4. The second kappa shape index (κ2) is 15.4. The Bertz CT molecular complexity index is 1750. The Hall–Kier alpha value is -4.67. The maximum atomic E-state index is 14.3. The smallest absolute Gasteiger partial charge is 0.411 e. The van der Waals surface area contributed by atoms with Gasteiger partial charge in [0.1, 0.15) is 29.3 Å². The summed E-state index contributed by atoms with van der Waals surface area (Å²) in [7, 11) is -3.95. The van der Waals surface area contributed by atoms with E-state index in [4.69, 9.17) is 14.2 Å². The molecule has 53 heavy (non-hydrogen) atoms. The van der Waals surface area contributed by atoms with Gasteiger partial charge in [-0.2, -0.15) is 0 Å². The molecule has 4 N–H and O–H groups in total. The van der Waals surface area contributed by atoms with Crippen molar-refractivity contribution in [3.05, 3.63) is 42.5 Å². The third kappa shape index (κ3) is 10.3. The highest BCUT2D eigenvalue weighted by Crippen LogP contribution is 2.45. The first-order valence-electron chi connectivity index (χ1n) is 17.6. The monoisotopic (exact) mass is 761 g/mol. The highest BCUT2D eigenvalue weighted by molar-refractivity contribution is 7.91. The second-order valence-electron chi connectivity index (χ2n) is 16.0. The summed E-state index contributed by atoms with van der Waals surface area (Å²) in [5, 5.41) is 7.13. The molecule has 1 heterocycles. The van der Waals surface area contributed by atoms with Crippen molar-refractivity contribution in [2.75, 3.05) is 11.9 Å². The number of anilines is 1. The number of hydrogen-bond donors (Lipinski definition) is 4. The number of benzene rings is 1. The Balaban J connectivity index is 1.60. The third-order valence-electron chi connectivity index (χ3n) is 8.87. The third-order valence-corrected chi connectivity index (χ3v) is 10.7. The first-order valence-corrected chi connectivity index (χ1v) is 19.1. The number of rotatable bonds is 12. The van der Waals surface area contributed by atoms with Gasteiger partial charge in [-0.15, -0.1) is 6.58 Å². The van der Waals surface area contributed by atoms with Crippen LogP contribution in [0.25, 0.3) is 0 Å². The highest BCUT2D eigenvalue weighted by atomic mass is 32.2. The number of likely N-dealkylation sites (tertiary alicyclic amines) is 1. The zero-order valence-electron chi connectivity index (χ0n) is 31.4. The summed E-state index contributed by atoms with van der Waals surface area (Å²) >= 11 is 0. The molecule has 1 aliphatic heterocycles. The topological polar surface area (TPSA) is 216 Å². The molecular weight excluding hydrogens is 710 g/mol. The largest absolute Gasteiger partial charge is 0.459 e. The highest BCUT2D eigenvalue weighted by Gasteiger charge is 2.62. The van der Waals surface area contributed by atoms with Crippen molar-refractivity contribution in [1.29, 1.82) is 0 Å². The molecule has 4 rings (SSSR count). The van der Waals surface area contributed by atoms with Gasteiger partial charge in [-0.25, -0.2) is 22.8 Å². The van der Waals surface area contributed by atoms with Crippen LogP contribution < -0.4 is 20.7 Å². The molecule has 0 bridgehead atoms. The van der Waals surface area contributed by atoms with E-state index in [1.807, 2.05) is 0 Å². The predicted octanol–water partition coefficient (Wildman–Crippen LogP) is 3.38. The van der Waals surface area contributed by atoms with Gasteiger partial charge in [0.15, 0.2) is 0 Å². The van der Waals surface area contributed by atoms with Crippen molar-refractivity contribution in [2.24, 2.45) is 11.3 Å². The maximum absolute atomic E-state index is 14.3. The number of esters is 1. The van der Waals surface area contributed by atoms with E-state index in [0.717, 1.165) is 4.90 Å². The Kier molecular flexibility index (Phi) is 11.9. The number of sulfonamides is 1. The van der Waals surface area contributed by atoms with Crippen LogP contribution in [0.1, 0.15) is 91.4 Å². The number of carbonyl (C=O) groups excluding carboxylic acids is 6. The van der Waals surface area contributed by atoms with Crippen LogP contribution in [0.2, 0.25) is 0 Å². The number of alkyl carbamates (subject to hydrolysis) is 1. The van der Waals surface area contributed by atoms with Crippen molar-refractivity contribution in [3.63, 3.8) is 0 Å². The number of hydrogen-bond acceptors (Lipinski definition) is 11. The van der Waals surface area contributed by atoms with Crippen molar-refractivity contribution in [3.8, 4) is 0 Å². The van der Waals surface area contributed by atoms with Crippen LogP contribution in [-0.2, 0) is 38.6 Å². The van der Waals surface area contributed by atoms with Crippen molar-refractivity contribution in [1.82, 2.24) is 20.3 Å². The Morgan fingerprint density at radius 3 is 2.19 bits per heavy atom. The fourth-order valence-corrected chi connectivity index (χ4v) is 7.34. The Morgan fingerprint density at radius 2 is 1.64 bits per heavy atom. The Morgan fingerprint density at radius 1 is 1.00 bits per heavy atom. The van der Waals surface area contributed by atoms with Crippen molar-refractivity contribution < 1.29 is 51.4 Å². The standard InChI is InChI=1S/C36H51N5O11S/c1-10-21-18-36(21,31(45)40-53(48,49)23-15-16-23)39-28(42)26-17-22(51-32(46)37-25-14-12-11-13-24(25)30(44)50-20(2)3)19-41(26)29(43)27(34(4,5)6)38-33(47)52-35(7,8)9/h10-14,20-23,26-27H,1,15-19H2,2-9H3,(H,37,46)(H,38,47)(H,39,42)(H,40,45)/t21?,22-,26+,27-,36?/m1/s1. The van der Waals surface area contributed by atoms with E-state index in [0.29, 0.717) is 12.8 Å². The van der Waals surface area contributed by atoms with Crippen LogP contribution in [-0.4, -0.2) is 96.4 Å². The van der Waals surface area contributed by atoms with Crippen LogP contribution in [0.4, 0.5) is 15.3 Å². The average molecular weight is 762 g/mol. The minimum atomic E-state index is -3.95. The summed E-state index contributed by atoms with van der Waals surface area (Å²) in [6.07, 6.45) is -1.22. The number of nitrogens with zero attached hydrogens (tertiary/aromatic N) is 1. The van der Waals surface area contributed by atoms with Gasteiger partial charge in [0.25, 0.3) is 5.91 Å². The van der Waals surface area contributed by atoms with Crippen molar-refractivity contribution >= 4 is 51.6 Å². The summed E-state index contributed by atoms with van der Waals surface area (Å²) in [5.74, 6) is -3.68. The average Bonchev–Trinajstić information content (AvgIpc) is 3.95. The minimum absolute atomic E-state index is 0.0702. The summed E-state index contributed by atoms with van der Waals surface area (Å²) in [5.41, 5.74) is -3.24. The SMILES string of the molecule is C=CC1CC1(NC(=O)[C@@H]1C[C@@H](OC(=O)Nc2ccccc2C(=O)OC(C)C)CN1C(=O)[C@@H](NC(=O)OC(C)(C)C)C(C)(C)C)C(=O)NS(=O)(=O)C1CC1. The Labute approximate surface area is 310 Å². The van der Waals surface area contributed by atoms with E-state index in [-0.39, 0.29) is 30.6 Å². The van der Waals surface area contributed by atoms with Gasteiger partial charge >= 0.3 is 18.2 Å². The molecule has 292 valence electrons. The quantitative estimate of drug-likeness (QED) is 0.138. The lowest BCUT2D eigenvalue weighted by Crippen LogP contribution is -2.60. The molecule has 0 radical (unpaired) electrons. The molecule has 5 amide bonds. The molecule has 2 unspecified atom stereocenters. The molecule has 17 heteroatoms. The van der Waals surface area contributed by atoms with Gasteiger partial charge in [-0.1, -0.05) is 39.0 Å². The molecule has 16 nitrogen and oxygen atoms in total. The summed E-state index contributed by atoms with van der Waals surface area (Å²) in [4.78, 5) is 81.7. The lowest BCUT2D eigenvalue weighted by atomic mass is 9.85. The van der Waals surface area contributed by atoms with Crippen LogP contribution >= 0.6 is 0 Å². The molecule has 2 saturated carbocycles. The van der Waals surface area contributed by atoms with E-state index < -0.39 is 97.9 Å². The molecule has 0 spiro atoms. The zero-order valence-corrected chi connectivity index (χ0v) is 32.3. The minimum Gasteiger partial charge on any atom is -0.459 e. The molecule has 3 aliphatic rings. The van der Waals surface area contributed by atoms with Gasteiger partial charge < -0.3 is 29.7 Å². The zero-order chi connectivity index (χ0) is 39.7. The molecule has 5 atom stereocenters. The number of ether oxygens (including phenoxy) is 3. The molecular formula is C36H51N5O11S. The van der Waals surface area contributed by atoms with E-state index in [1.54, 1.807) is 67.5 Å². The maximum Gasteiger partial charge on any atom is 0.411 e. The van der Waals surface area contributed by atoms with Crippen molar-refractivity contribution in [2.45, 2.75) is 122 Å². The van der Waals surface area contributed by atoms with E-state index in [2.05, 4.69) is 27.3 Å². The first kappa shape index (κ1) is 41.1. The van der Waals surface area contributed by atoms with Crippen LogP contribution in [0.3, 0.4) is 0 Å². The number of para-hydroxylation sites is 1. The molecule has 1 aromatic rings. The van der Waals surface area contributed by atoms with Gasteiger partial charge in [0.05, 0.1) is 29.1 Å². The van der Waals surface area contributed by atoms with E-state index in [1.165, 1.54) is 18.2 Å². The van der Waals surface area contributed by atoms with Crippen LogP contribution in [0.5, 0.6) is 0 Å². The molecule has 1 saturated heterocycles. The summed E-state index contributed by atoms with van der Waals surface area (Å²) < 4.78 is 43.7. The molecule has 1 aromatic carbocycles. The number of carbonyl (C=O) groups is 6. The molecule has 2 aliphatic carbocycles. The van der Waals surface area contributed by atoms with Gasteiger partial charge in [-0.05, 0) is 71.4 Å². The lowest BCUT2D eigenvalue weighted by Gasteiger charge is -2.36. The van der Waals surface area contributed by atoms with Crippen LogP contribution in [0.15, 0.2) is 36.9 Å². The number of amides is 5. The molecule has 3 fully saturated rings. The fourth-order valence-electron chi connectivity index (χ4n) is 5.97. The summed E-state index contributed by atoms with van der Waals surface area (Å²) in [6, 6.07) is 3.60. The van der Waals surface area contributed by atoms with Gasteiger partial charge in [-0.3, -0.25) is 24.4 Å². The second-order valence-corrected chi connectivity index (χ2v) is 18.0. The lowest BCUT2D eigenvalue weighted by molar-refractivity contribution is -0.143. The van der Waals surface area contributed by atoms with Crippen LogP contribution in [0, 0.1) is 11.3 Å². The fraction of sp³-hybridized carbons (Fsp3) is 0.611. The summed E-state index contributed by atoms with van der Waals surface area (Å²) in [6.45, 7) is 16.9.